The molecule has 22 heavy (non-hydrogen) atoms. The van der Waals surface area contributed by atoms with Crippen molar-refractivity contribution in [1.82, 2.24) is 4.31 Å². The molecular weight excluding hydrogens is 334 g/mol. The van der Waals surface area contributed by atoms with Crippen molar-refractivity contribution in [2.75, 3.05) is 6.54 Å². The molecular formula is C16H17NO2S3. The van der Waals surface area contributed by atoms with Crippen LogP contribution in [0.4, 0.5) is 0 Å². The molecule has 0 unspecified atom stereocenters. The number of thioether (sulfide) groups is 1. The van der Waals surface area contributed by atoms with Gasteiger partial charge in [-0.1, -0.05) is 59.9 Å². The molecule has 6 heteroatoms. The summed E-state index contributed by atoms with van der Waals surface area (Å²) in [6.07, 6.45) is 0. The lowest BCUT2D eigenvalue weighted by Crippen LogP contribution is -2.33. The fraction of sp³-hybridized carbons (Fsp3) is 0.188. The number of rotatable bonds is 4. The topological polar surface area (TPSA) is 37.4 Å². The number of sulfonamides is 1. The van der Waals surface area contributed by atoms with Crippen molar-refractivity contribution in [3.05, 3.63) is 60.2 Å². The summed E-state index contributed by atoms with van der Waals surface area (Å²) in [6, 6.07) is 16.3. The van der Waals surface area contributed by atoms with Crippen LogP contribution in [0.25, 0.3) is 0 Å². The average Bonchev–Trinajstić information content (AvgIpc) is 2.49. The number of nitrogens with zero attached hydrogens (tertiary/aromatic N) is 1. The van der Waals surface area contributed by atoms with Gasteiger partial charge in [0.2, 0.25) is 0 Å². The Morgan fingerprint density at radius 3 is 2.23 bits per heavy atom. The van der Waals surface area contributed by atoms with Crippen molar-refractivity contribution in [2.24, 2.45) is 0 Å². The largest absolute Gasteiger partial charge is 0.265 e. The van der Waals surface area contributed by atoms with Crippen molar-refractivity contribution < 1.29 is 8.42 Å². The van der Waals surface area contributed by atoms with Crippen LogP contribution in [0.3, 0.4) is 0 Å². The molecule has 0 radical (unpaired) electrons. The Balaban J connectivity index is 2.26. The third-order valence-electron chi connectivity index (χ3n) is 3.05. The van der Waals surface area contributed by atoms with E-state index in [1.54, 1.807) is 31.2 Å². The van der Waals surface area contributed by atoms with Crippen LogP contribution in [-0.4, -0.2) is 23.6 Å². The lowest BCUT2D eigenvalue weighted by Gasteiger charge is -2.22. The fourth-order valence-electron chi connectivity index (χ4n) is 1.87. The molecule has 0 bridgehead atoms. The maximum Gasteiger partial charge on any atom is 0.265 e. The zero-order chi connectivity index (χ0) is 16.2. The van der Waals surface area contributed by atoms with Crippen molar-refractivity contribution in [3.8, 4) is 0 Å². The van der Waals surface area contributed by atoms with Gasteiger partial charge >= 0.3 is 0 Å². The third-order valence-corrected chi connectivity index (χ3v) is 6.54. The quantitative estimate of drug-likeness (QED) is 0.614. The summed E-state index contributed by atoms with van der Waals surface area (Å²) in [4.78, 5) is 1.18. The van der Waals surface area contributed by atoms with Gasteiger partial charge in [0.15, 0.2) is 4.32 Å². The van der Waals surface area contributed by atoms with E-state index in [2.05, 4.69) is 0 Å². The van der Waals surface area contributed by atoms with Crippen LogP contribution in [-0.2, 0) is 10.0 Å². The highest BCUT2D eigenvalue weighted by Crippen LogP contribution is 2.26. The molecule has 0 aromatic heterocycles. The Morgan fingerprint density at radius 1 is 1.09 bits per heavy atom. The van der Waals surface area contributed by atoms with Crippen molar-refractivity contribution in [3.63, 3.8) is 0 Å². The smallest absolute Gasteiger partial charge is 0.251 e. The normalized spacial score (nSPS) is 11.2. The molecule has 0 saturated carbocycles. The van der Waals surface area contributed by atoms with Gasteiger partial charge in [-0.15, -0.1) is 0 Å². The van der Waals surface area contributed by atoms with E-state index in [1.807, 2.05) is 37.3 Å². The molecule has 0 amide bonds. The van der Waals surface area contributed by atoms with E-state index in [0.717, 1.165) is 10.5 Å². The zero-order valence-corrected chi connectivity index (χ0v) is 14.8. The lowest BCUT2D eigenvalue weighted by atomic mass is 10.2. The van der Waals surface area contributed by atoms with Crippen molar-refractivity contribution in [1.29, 1.82) is 0 Å². The molecule has 3 nitrogen and oxygen atoms in total. The maximum atomic E-state index is 12.7. The van der Waals surface area contributed by atoms with Gasteiger partial charge in [-0.05, 0) is 38.1 Å². The molecule has 0 atom stereocenters. The molecule has 2 aromatic rings. The Labute approximate surface area is 141 Å². The van der Waals surface area contributed by atoms with Crippen LogP contribution in [0.15, 0.2) is 64.4 Å². The molecule has 0 saturated heterocycles. The molecule has 2 rings (SSSR count). The molecule has 0 spiro atoms. The number of hydrogen-bond donors (Lipinski definition) is 0. The van der Waals surface area contributed by atoms with Crippen LogP contribution < -0.4 is 0 Å². The molecule has 0 fully saturated rings. The summed E-state index contributed by atoms with van der Waals surface area (Å²) in [7, 11) is -3.62. The van der Waals surface area contributed by atoms with Crippen LogP contribution >= 0.6 is 24.0 Å². The van der Waals surface area contributed by atoms with Crippen LogP contribution in [0.5, 0.6) is 0 Å². The molecule has 0 aliphatic rings. The van der Waals surface area contributed by atoms with E-state index in [0.29, 0.717) is 10.9 Å². The first kappa shape index (κ1) is 17.0. The lowest BCUT2D eigenvalue weighted by molar-refractivity contribution is 0.537. The van der Waals surface area contributed by atoms with Crippen molar-refractivity contribution >= 4 is 38.3 Å². The highest BCUT2D eigenvalue weighted by Gasteiger charge is 2.25. The number of benzene rings is 2. The summed E-state index contributed by atoms with van der Waals surface area (Å²) in [5.41, 5.74) is 1.02. The summed E-state index contributed by atoms with van der Waals surface area (Å²) >= 11 is 6.62. The van der Waals surface area contributed by atoms with Crippen LogP contribution in [0.1, 0.15) is 12.5 Å². The monoisotopic (exact) mass is 351 g/mol. The van der Waals surface area contributed by atoms with E-state index >= 15 is 0 Å². The molecule has 0 aliphatic carbocycles. The standard InChI is InChI=1S/C16H17NO2S3/c1-3-17(16(20)21-14-7-5-4-6-8-14)22(18,19)15-11-9-13(2)10-12-15/h4-12H,3H2,1-2H3. The second kappa shape index (κ2) is 7.26. The average molecular weight is 352 g/mol. The summed E-state index contributed by atoms with van der Waals surface area (Å²) in [5, 5.41) is 0. The van der Waals surface area contributed by atoms with E-state index in [1.165, 1.54) is 16.1 Å². The summed E-state index contributed by atoms with van der Waals surface area (Å²) < 4.78 is 27.1. The minimum atomic E-state index is -3.62. The Bertz CT molecular complexity index is 741. The first-order valence-electron chi connectivity index (χ1n) is 6.81. The van der Waals surface area contributed by atoms with Gasteiger partial charge in [0.05, 0.1) is 4.90 Å². The predicted octanol–water partition coefficient (Wildman–Crippen LogP) is 4.08. The number of hydrogen-bond acceptors (Lipinski definition) is 4. The molecule has 2 aromatic carbocycles. The van der Waals surface area contributed by atoms with Gasteiger partial charge in [0.1, 0.15) is 0 Å². The van der Waals surface area contributed by atoms with Gasteiger partial charge < -0.3 is 0 Å². The van der Waals surface area contributed by atoms with Crippen molar-refractivity contribution in [2.45, 2.75) is 23.6 Å². The van der Waals surface area contributed by atoms with Crippen LogP contribution in [0.2, 0.25) is 0 Å². The fourth-order valence-corrected chi connectivity index (χ4v) is 4.99. The highest BCUT2D eigenvalue weighted by molar-refractivity contribution is 8.23. The Hall–Kier alpha value is -1.37. The van der Waals surface area contributed by atoms with Gasteiger partial charge in [-0.2, -0.15) is 0 Å². The minimum Gasteiger partial charge on any atom is -0.251 e. The highest BCUT2D eigenvalue weighted by atomic mass is 32.2. The van der Waals surface area contributed by atoms with E-state index in [-0.39, 0.29) is 4.90 Å². The zero-order valence-electron chi connectivity index (χ0n) is 12.4. The predicted molar refractivity (Wildman–Crippen MR) is 95.6 cm³/mol. The number of aryl methyl sites for hydroxylation is 1. The second-order valence-corrected chi connectivity index (χ2v) is 8.23. The van der Waals surface area contributed by atoms with E-state index in [9.17, 15) is 8.42 Å². The molecule has 116 valence electrons. The van der Waals surface area contributed by atoms with Crippen LogP contribution in [0, 0.1) is 6.92 Å². The third kappa shape index (κ3) is 3.88. The van der Waals surface area contributed by atoms with Gasteiger partial charge in [0, 0.05) is 11.4 Å². The summed E-state index contributed by atoms with van der Waals surface area (Å²) in [6.45, 7) is 4.00. The maximum absolute atomic E-state index is 12.7. The van der Waals surface area contributed by atoms with E-state index in [4.69, 9.17) is 12.2 Å². The number of thiocarbonyl (C=S) groups is 1. The van der Waals surface area contributed by atoms with Gasteiger partial charge in [-0.25, -0.2) is 8.42 Å². The molecule has 0 N–H and O–H groups in total. The van der Waals surface area contributed by atoms with E-state index < -0.39 is 10.0 Å². The Morgan fingerprint density at radius 2 is 1.68 bits per heavy atom. The SMILES string of the molecule is CCN(C(=S)Sc1ccccc1)S(=O)(=O)c1ccc(C)cc1. The molecule has 0 heterocycles. The van der Waals surface area contributed by atoms with Gasteiger partial charge in [-0.3, -0.25) is 4.31 Å². The summed E-state index contributed by atoms with van der Waals surface area (Å²) in [5.74, 6) is 0. The Kier molecular flexibility index (Phi) is 5.61. The minimum absolute atomic E-state index is 0.260. The first-order chi connectivity index (χ1) is 10.4. The first-order valence-corrected chi connectivity index (χ1v) is 9.48. The van der Waals surface area contributed by atoms with Gasteiger partial charge in [0.25, 0.3) is 10.0 Å². The molecule has 0 aliphatic heterocycles. The second-order valence-electron chi connectivity index (χ2n) is 4.66.